The maximum Gasteiger partial charge on any atom is 0.276 e. The zero-order valence-electron chi connectivity index (χ0n) is 15.2. The van der Waals surface area contributed by atoms with Crippen molar-refractivity contribution in [3.63, 3.8) is 0 Å². The van der Waals surface area contributed by atoms with E-state index in [1.54, 1.807) is 19.1 Å². The van der Waals surface area contributed by atoms with Crippen LogP contribution >= 0.6 is 0 Å². The molecule has 0 amide bonds. The van der Waals surface area contributed by atoms with Crippen molar-refractivity contribution in [2.24, 2.45) is 5.10 Å². The van der Waals surface area contributed by atoms with Crippen molar-refractivity contribution in [1.29, 1.82) is 0 Å². The average molecular weight is 359 g/mol. The Hall–Kier alpha value is -2.34. The first-order valence-corrected chi connectivity index (χ1v) is 9.82. The Kier molecular flexibility index (Phi) is 6.20. The molecule has 0 spiro atoms. The SMILES string of the molecule is CCN(CC)c1ccc(C=NNS(=O)(=O)c2cc(C)ccc2C)cc1. The lowest BCUT2D eigenvalue weighted by molar-refractivity contribution is 0.584. The predicted octanol–water partition coefficient (Wildman–Crippen LogP) is 3.46. The molecule has 0 radical (unpaired) electrons. The number of hydrazone groups is 1. The van der Waals surface area contributed by atoms with Gasteiger partial charge in [-0.1, -0.05) is 24.3 Å². The van der Waals surface area contributed by atoms with E-state index in [0.717, 1.165) is 29.9 Å². The fourth-order valence-corrected chi connectivity index (χ4v) is 3.70. The third-order valence-electron chi connectivity index (χ3n) is 4.04. The second-order valence-electron chi connectivity index (χ2n) is 5.89. The molecule has 0 unspecified atom stereocenters. The van der Waals surface area contributed by atoms with Gasteiger partial charge in [-0.3, -0.25) is 0 Å². The lowest BCUT2D eigenvalue weighted by Crippen LogP contribution is -2.21. The first-order chi connectivity index (χ1) is 11.9. The molecule has 2 aromatic rings. The van der Waals surface area contributed by atoms with Crippen LogP contribution in [0.1, 0.15) is 30.5 Å². The van der Waals surface area contributed by atoms with Crippen LogP contribution in [0.2, 0.25) is 0 Å². The van der Waals surface area contributed by atoms with E-state index >= 15 is 0 Å². The van der Waals surface area contributed by atoms with E-state index in [4.69, 9.17) is 0 Å². The largest absolute Gasteiger partial charge is 0.372 e. The number of anilines is 1. The van der Waals surface area contributed by atoms with E-state index in [-0.39, 0.29) is 4.90 Å². The summed E-state index contributed by atoms with van der Waals surface area (Å²) in [7, 11) is -3.67. The van der Waals surface area contributed by atoms with Crippen molar-refractivity contribution in [1.82, 2.24) is 4.83 Å². The molecule has 0 bridgehead atoms. The zero-order valence-corrected chi connectivity index (χ0v) is 16.0. The summed E-state index contributed by atoms with van der Waals surface area (Å²) in [5, 5.41) is 3.90. The fourth-order valence-electron chi connectivity index (χ4n) is 2.58. The Balaban J connectivity index is 2.11. The molecule has 0 saturated heterocycles. The van der Waals surface area contributed by atoms with Crippen molar-refractivity contribution in [2.75, 3.05) is 18.0 Å². The molecule has 0 fully saturated rings. The van der Waals surface area contributed by atoms with Crippen LogP contribution in [0.25, 0.3) is 0 Å². The Morgan fingerprint density at radius 2 is 1.68 bits per heavy atom. The monoisotopic (exact) mass is 359 g/mol. The normalized spacial score (nSPS) is 11.7. The first kappa shape index (κ1) is 19.0. The minimum Gasteiger partial charge on any atom is -0.372 e. The molecule has 0 atom stereocenters. The molecular weight excluding hydrogens is 334 g/mol. The molecule has 2 aromatic carbocycles. The molecule has 6 heteroatoms. The number of hydrogen-bond acceptors (Lipinski definition) is 4. The van der Waals surface area contributed by atoms with Gasteiger partial charge in [0.2, 0.25) is 0 Å². The van der Waals surface area contributed by atoms with Gasteiger partial charge in [-0.25, -0.2) is 4.83 Å². The highest BCUT2D eigenvalue weighted by Gasteiger charge is 2.15. The van der Waals surface area contributed by atoms with Crippen LogP contribution in [0.4, 0.5) is 5.69 Å². The van der Waals surface area contributed by atoms with Gasteiger partial charge >= 0.3 is 0 Å². The van der Waals surface area contributed by atoms with Crippen LogP contribution in [-0.2, 0) is 10.0 Å². The van der Waals surface area contributed by atoms with Gasteiger partial charge in [-0.15, -0.1) is 0 Å². The summed E-state index contributed by atoms with van der Waals surface area (Å²) in [6.45, 7) is 9.74. The van der Waals surface area contributed by atoms with Gasteiger partial charge in [0.15, 0.2) is 0 Å². The van der Waals surface area contributed by atoms with E-state index in [1.165, 1.54) is 6.21 Å². The van der Waals surface area contributed by atoms with Crippen molar-refractivity contribution in [3.8, 4) is 0 Å². The minimum atomic E-state index is -3.67. The summed E-state index contributed by atoms with van der Waals surface area (Å²) in [5.74, 6) is 0. The molecule has 0 aliphatic heterocycles. The standard InChI is InChI=1S/C19H25N3O2S/c1-5-22(6-2)18-11-9-17(10-12-18)14-20-21-25(23,24)19-13-15(3)7-8-16(19)4/h7-14,21H,5-6H2,1-4H3. The summed E-state index contributed by atoms with van der Waals surface area (Å²) in [4.78, 5) is 4.77. The number of aryl methyl sites for hydroxylation is 2. The number of sulfonamides is 1. The second-order valence-corrected chi connectivity index (χ2v) is 7.51. The zero-order chi connectivity index (χ0) is 18.4. The Morgan fingerprint density at radius 1 is 1.04 bits per heavy atom. The number of rotatable bonds is 7. The highest BCUT2D eigenvalue weighted by molar-refractivity contribution is 7.89. The summed E-state index contributed by atoms with van der Waals surface area (Å²) in [5.41, 5.74) is 3.55. The molecule has 0 aromatic heterocycles. The van der Waals surface area contributed by atoms with E-state index < -0.39 is 10.0 Å². The van der Waals surface area contributed by atoms with Crippen LogP contribution in [-0.4, -0.2) is 27.7 Å². The molecule has 0 aliphatic rings. The molecule has 2 rings (SSSR count). The Morgan fingerprint density at radius 3 is 2.28 bits per heavy atom. The predicted molar refractivity (Wildman–Crippen MR) is 104 cm³/mol. The van der Waals surface area contributed by atoms with Crippen LogP contribution in [0, 0.1) is 13.8 Å². The van der Waals surface area contributed by atoms with Crippen LogP contribution < -0.4 is 9.73 Å². The number of benzene rings is 2. The number of nitrogens with zero attached hydrogens (tertiary/aromatic N) is 2. The second kappa shape index (κ2) is 8.16. The summed E-state index contributed by atoms with van der Waals surface area (Å²) >= 11 is 0. The van der Waals surface area contributed by atoms with Crippen LogP contribution in [0.15, 0.2) is 52.5 Å². The lowest BCUT2D eigenvalue weighted by atomic mass is 10.2. The third-order valence-corrected chi connectivity index (χ3v) is 5.41. The molecule has 0 saturated carbocycles. The number of nitrogens with one attached hydrogen (secondary N) is 1. The summed E-state index contributed by atoms with van der Waals surface area (Å²) < 4.78 is 24.8. The highest BCUT2D eigenvalue weighted by Crippen LogP contribution is 2.17. The van der Waals surface area contributed by atoms with Crippen molar-refractivity contribution in [3.05, 3.63) is 59.2 Å². The molecular formula is C19H25N3O2S. The van der Waals surface area contributed by atoms with Crippen LogP contribution in [0.5, 0.6) is 0 Å². The molecule has 0 heterocycles. The Bertz CT molecular complexity index is 839. The Labute approximate surface area is 150 Å². The number of hydrogen-bond donors (Lipinski definition) is 1. The molecule has 0 aliphatic carbocycles. The van der Waals surface area contributed by atoms with Gasteiger partial charge in [-0.05, 0) is 62.6 Å². The van der Waals surface area contributed by atoms with Crippen molar-refractivity contribution >= 4 is 21.9 Å². The minimum absolute atomic E-state index is 0.251. The van der Waals surface area contributed by atoms with Gasteiger partial charge in [0, 0.05) is 18.8 Å². The van der Waals surface area contributed by atoms with E-state index in [0.29, 0.717) is 5.56 Å². The summed E-state index contributed by atoms with van der Waals surface area (Å²) in [6.07, 6.45) is 1.51. The molecule has 134 valence electrons. The van der Waals surface area contributed by atoms with Gasteiger partial charge in [0.1, 0.15) is 0 Å². The fraction of sp³-hybridized carbons (Fsp3) is 0.316. The summed E-state index contributed by atoms with van der Waals surface area (Å²) in [6, 6.07) is 13.2. The van der Waals surface area contributed by atoms with E-state index in [2.05, 4.69) is 28.7 Å². The quantitative estimate of drug-likeness (QED) is 0.608. The van der Waals surface area contributed by atoms with Crippen molar-refractivity contribution < 1.29 is 8.42 Å². The maximum atomic E-state index is 12.4. The average Bonchev–Trinajstić information content (AvgIpc) is 2.59. The highest BCUT2D eigenvalue weighted by atomic mass is 32.2. The lowest BCUT2D eigenvalue weighted by Gasteiger charge is -2.20. The van der Waals surface area contributed by atoms with Crippen molar-refractivity contribution in [2.45, 2.75) is 32.6 Å². The maximum absolute atomic E-state index is 12.4. The van der Waals surface area contributed by atoms with E-state index in [9.17, 15) is 8.42 Å². The van der Waals surface area contributed by atoms with E-state index in [1.807, 2.05) is 37.3 Å². The molecule has 5 nitrogen and oxygen atoms in total. The third kappa shape index (κ3) is 4.82. The van der Waals surface area contributed by atoms with Gasteiger partial charge < -0.3 is 4.90 Å². The smallest absolute Gasteiger partial charge is 0.276 e. The molecule has 1 N–H and O–H groups in total. The van der Waals surface area contributed by atoms with Gasteiger partial charge in [0.05, 0.1) is 11.1 Å². The van der Waals surface area contributed by atoms with Crippen LogP contribution in [0.3, 0.4) is 0 Å². The van der Waals surface area contributed by atoms with Gasteiger partial charge in [0.25, 0.3) is 10.0 Å². The molecule has 25 heavy (non-hydrogen) atoms. The topological polar surface area (TPSA) is 61.8 Å². The van der Waals surface area contributed by atoms with Gasteiger partial charge in [-0.2, -0.15) is 13.5 Å². The first-order valence-electron chi connectivity index (χ1n) is 8.34.